The number of amides is 2. The number of methoxy groups -OCH3 is 1. The zero-order valence-electron chi connectivity index (χ0n) is 25.3. The Balaban J connectivity index is 0.000000391. The fraction of sp³-hybridized carbons (Fsp3) is 0.852. The van der Waals surface area contributed by atoms with Gasteiger partial charge in [0.15, 0.2) is 0 Å². The lowest BCUT2D eigenvalue weighted by Crippen LogP contribution is -2.44. The second-order valence-electron chi connectivity index (χ2n) is 12.2. The van der Waals surface area contributed by atoms with Gasteiger partial charge in [-0.2, -0.15) is 0 Å². The topological polar surface area (TPSA) is 141 Å². The molecule has 2 rings (SSSR count). The molecule has 2 fully saturated rings. The first-order valence-corrected chi connectivity index (χ1v) is 13.3. The summed E-state index contributed by atoms with van der Waals surface area (Å²) in [5, 5.41) is 9.18. The Hall–Kier alpha value is -2.60. The Morgan fingerprint density at radius 2 is 1.08 bits per heavy atom. The lowest BCUT2D eigenvalue weighted by molar-refractivity contribution is -0.146. The van der Waals surface area contributed by atoms with Crippen molar-refractivity contribution >= 4 is 24.1 Å². The van der Waals surface area contributed by atoms with Gasteiger partial charge in [0.2, 0.25) is 0 Å². The first-order valence-electron chi connectivity index (χ1n) is 13.3. The SMILES string of the molecule is CC(C)O[C@H]1C[C@@H](C(=O)O)N(C(=O)OC(C)(C)C)C1.COC(=O)[C@@H]1C[C@H](OC(C)C)CN1C(=O)OC(C)(C)C. The maximum absolute atomic E-state index is 12.2. The number of hydrogen-bond donors (Lipinski definition) is 1. The van der Waals surface area contributed by atoms with E-state index in [1.807, 2.05) is 27.7 Å². The fourth-order valence-corrected chi connectivity index (χ4v) is 4.20. The molecule has 0 spiro atoms. The normalized spacial score (nSPS) is 23.4. The van der Waals surface area contributed by atoms with Crippen LogP contribution in [-0.4, -0.2) is 107 Å². The predicted octanol–water partition coefficient (Wildman–Crippen LogP) is 3.84. The minimum absolute atomic E-state index is 0.00182. The molecular formula is C27H48N2O10. The third kappa shape index (κ3) is 12.0. The third-order valence-electron chi connectivity index (χ3n) is 5.47. The quantitative estimate of drug-likeness (QED) is 0.376. The molecule has 0 aliphatic carbocycles. The number of ether oxygens (including phenoxy) is 5. The van der Waals surface area contributed by atoms with E-state index in [4.69, 9.17) is 23.7 Å². The van der Waals surface area contributed by atoms with E-state index in [2.05, 4.69) is 0 Å². The molecule has 0 aromatic heterocycles. The van der Waals surface area contributed by atoms with E-state index in [1.54, 1.807) is 41.5 Å². The van der Waals surface area contributed by atoms with E-state index in [1.165, 1.54) is 16.9 Å². The van der Waals surface area contributed by atoms with E-state index in [0.29, 0.717) is 19.4 Å². The number of rotatable bonds is 6. The maximum Gasteiger partial charge on any atom is 0.411 e. The molecule has 2 amide bonds. The molecule has 12 heteroatoms. The smallest absolute Gasteiger partial charge is 0.411 e. The van der Waals surface area contributed by atoms with Crippen LogP contribution in [0.4, 0.5) is 9.59 Å². The molecule has 39 heavy (non-hydrogen) atoms. The Morgan fingerprint density at radius 1 is 0.718 bits per heavy atom. The highest BCUT2D eigenvalue weighted by Gasteiger charge is 2.43. The molecule has 0 unspecified atom stereocenters. The average Bonchev–Trinajstić information content (AvgIpc) is 3.35. The summed E-state index contributed by atoms with van der Waals surface area (Å²) in [5.41, 5.74) is -1.24. The third-order valence-corrected chi connectivity index (χ3v) is 5.47. The van der Waals surface area contributed by atoms with Gasteiger partial charge in [-0.15, -0.1) is 0 Å². The number of esters is 1. The summed E-state index contributed by atoms with van der Waals surface area (Å²) in [6, 6.07) is -1.52. The van der Waals surface area contributed by atoms with Crippen LogP contribution in [0.5, 0.6) is 0 Å². The van der Waals surface area contributed by atoms with Gasteiger partial charge in [-0.3, -0.25) is 9.80 Å². The summed E-state index contributed by atoms with van der Waals surface area (Å²) >= 11 is 0. The molecule has 226 valence electrons. The number of carboxylic acid groups (broad SMARTS) is 1. The first kappa shape index (κ1) is 34.4. The van der Waals surface area contributed by atoms with Crippen molar-refractivity contribution in [3.8, 4) is 0 Å². The minimum atomic E-state index is -1.03. The number of nitrogens with zero attached hydrogens (tertiary/aromatic N) is 2. The van der Waals surface area contributed by atoms with Crippen molar-refractivity contribution in [2.75, 3.05) is 20.2 Å². The van der Waals surface area contributed by atoms with Gasteiger partial charge in [0.25, 0.3) is 0 Å². The van der Waals surface area contributed by atoms with E-state index < -0.39 is 47.4 Å². The van der Waals surface area contributed by atoms with Gasteiger partial charge < -0.3 is 28.8 Å². The summed E-state index contributed by atoms with van der Waals surface area (Å²) in [7, 11) is 1.31. The number of carboxylic acids is 1. The highest BCUT2D eigenvalue weighted by Crippen LogP contribution is 2.26. The molecule has 2 aliphatic rings. The Morgan fingerprint density at radius 3 is 1.38 bits per heavy atom. The van der Waals surface area contributed by atoms with Gasteiger partial charge in [-0.05, 0) is 69.2 Å². The molecular weight excluding hydrogens is 512 g/mol. The molecule has 12 nitrogen and oxygen atoms in total. The minimum Gasteiger partial charge on any atom is -0.480 e. The molecule has 2 saturated heterocycles. The van der Waals surface area contributed by atoms with Crippen LogP contribution in [0.15, 0.2) is 0 Å². The van der Waals surface area contributed by atoms with E-state index in [0.717, 1.165) is 0 Å². The average molecular weight is 561 g/mol. The second-order valence-corrected chi connectivity index (χ2v) is 12.2. The summed E-state index contributed by atoms with van der Waals surface area (Å²) in [6.07, 6.45) is -0.774. The van der Waals surface area contributed by atoms with Crippen molar-refractivity contribution < 1.29 is 48.0 Å². The van der Waals surface area contributed by atoms with Crippen LogP contribution in [-0.2, 0) is 33.3 Å². The summed E-state index contributed by atoms with van der Waals surface area (Å²) < 4.78 is 26.6. The highest BCUT2D eigenvalue weighted by atomic mass is 16.6. The Bertz CT molecular complexity index is 846. The van der Waals surface area contributed by atoms with E-state index in [-0.39, 0.29) is 31.0 Å². The molecule has 4 atom stereocenters. The Labute approximate surface area is 232 Å². The lowest BCUT2D eigenvalue weighted by atomic mass is 10.2. The van der Waals surface area contributed by atoms with Gasteiger partial charge in [0.1, 0.15) is 23.3 Å². The Kier molecular flexibility index (Phi) is 12.5. The monoisotopic (exact) mass is 560 g/mol. The van der Waals surface area contributed by atoms with Crippen molar-refractivity contribution in [3.05, 3.63) is 0 Å². The molecule has 2 aliphatic heterocycles. The molecule has 0 radical (unpaired) electrons. The number of carbonyl (C=O) groups excluding carboxylic acids is 3. The van der Waals surface area contributed by atoms with E-state index >= 15 is 0 Å². The summed E-state index contributed by atoms with van der Waals surface area (Å²) in [4.78, 5) is 49.8. The standard InChI is InChI=1S/C14H25NO5.C13H23NO5/c1-9(2)19-10-7-11(12(16)18-6)15(8-10)13(17)20-14(3,4)5;1-8(2)18-9-6-10(11(15)16)14(7-9)12(17)19-13(3,4)5/h9-11H,7-8H2,1-6H3;8-10H,6-7H2,1-5H3,(H,15,16)/t10-,11-;9-,10-/m00/s1. The van der Waals surface area contributed by atoms with Crippen molar-refractivity contribution in [2.45, 2.75) is 130 Å². The van der Waals surface area contributed by atoms with Crippen LogP contribution in [0, 0.1) is 0 Å². The predicted molar refractivity (Wildman–Crippen MR) is 142 cm³/mol. The van der Waals surface area contributed by atoms with Crippen LogP contribution >= 0.6 is 0 Å². The van der Waals surface area contributed by atoms with Gasteiger partial charge in [0.05, 0.1) is 44.6 Å². The lowest BCUT2D eigenvalue weighted by Gasteiger charge is -2.27. The van der Waals surface area contributed by atoms with Crippen molar-refractivity contribution in [1.29, 1.82) is 0 Å². The van der Waals surface area contributed by atoms with Crippen molar-refractivity contribution in [3.63, 3.8) is 0 Å². The van der Waals surface area contributed by atoms with Gasteiger partial charge in [0, 0.05) is 12.8 Å². The zero-order valence-corrected chi connectivity index (χ0v) is 25.3. The molecule has 0 aromatic carbocycles. The maximum atomic E-state index is 12.2. The number of carbonyl (C=O) groups is 4. The van der Waals surface area contributed by atoms with Gasteiger partial charge in [-0.1, -0.05) is 0 Å². The van der Waals surface area contributed by atoms with Crippen LogP contribution < -0.4 is 0 Å². The molecule has 1 N–H and O–H groups in total. The molecule has 0 bridgehead atoms. The first-order chi connectivity index (χ1) is 17.7. The van der Waals surface area contributed by atoms with Crippen molar-refractivity contribution in [1.82, 2.24) is 9.80 Å². The largest absolute Gasteiger partial charge is 0.480 e. The molecule has 0 aromatic rings. The number of likely N-dealkylation sites (tertiary alicyclic amines) is 2. The molecule has 2 heterocycles. The molecule has 0 saturated carbocycles. The second kappa shape index (κ2) is 14.2. The summed E-state index contributed by atoms with van der Waals surface area (Å²) in [6.45, 7) is 18.8. The van der Waals surface area contributed by atoms with Crippen molar-refractivity contribution in [2.24, 2.45) is 0 Å². The summed E-state index contributed by atoms with van der Waals surface area (Å²) in [5.74, 6) is -1.47. The van der Waals surface area contributed by atoms with E-state index in [9.17, 15) is 24.3 Å². The fourth-order valence-electron chi connectivity index (χ4n) is 4.20. The highest BCUT2D eigenvalue weighted by molar-refractivity contribution is 5.82. The number of hydrogen-bond acceptors (Lipinski definition) is 9. The zero-order chi connectivity index (χ0) is 30.3. The van der Waals surface area contributed by atoms with Gasteiger partial charge in [-0.25, -0.2) is 19.2 Å². The number of aliphatic carboxylic acids is 1. The van der Waals surface area contributed by atoms with Crippen LogP contribution in [0.3, 0.4) is 0 Å². The van der Waals surface area contributed by atoms with Crippen LogP contribution in [0.2, 0.25) is 0 Å². The van der Waals surface area contributed by atoms with Crippen LogP contribution in [0.1, 0.15) is 82.1 Å². The van der Waals surface area contributed by atoms with Gasteiger partial charge >= 0.3 is 24.1 Å². The van der Waals surface area contributed by atoms with Crippen LogP contribution in [0.25, 0.3) is 0 Å².